The Morgan fingerprint density at radius 2 is 1.78 bits per heavy atom. The second-order valence-electron chi connectivity index (χ2n) is 9.58. The summed E-state index contributed by atoms with van der Waals surface area (Å²) in [7, 11) is -1.61. The molecule has 3 heterocycles. The molecule has 1 amide bonds. The van der Waals surface area contributed by atoms with Crippen LogP contribution in [0.4, 0.5) is 36.4 Å². The number of carbonyl (C=O) groups is 1. The van der Waals surface area contributed by atoms with Gasteiger partial charge in [-0.2, -0.15) is 18.2 Å². The van der Waals surface area contributed by atoms with Gasteiger partial charge in [0.15, 0.2) is 0 Å². The van der Waals surface area contributed by atoms with E-state index < -0.39 is 27.6 Å². The van der Waals surface area contributed by atoms with Gasteiger partial charge in [0, 0.05) is 41.8 Å². The minimum absolute atomic E-state index is 0.00256. The van der Waals surface area contributed by atoms with Crippen LogP contribution in [-0.2, 0) is 22.7 Å². The fourth-order valence-corrected chi connectivity index (χ4v) is 4.73. The molecule has 3 aromatic rings. The van der Waals surface area contributed by atoms with Crippen LogP contribution in [0.15, 0.2) is 48.8 Å². The summed E-state index contributed by atoms with van der Waals surface area (Å²) in [6, 6.07) is 9.62. The van der Waals surface area contributed by atoms with Gasteiger partial charge < -0.3 is 20.9 Å². The van der Waals surface area contributed by atoms with Gasteiger partial charge in [-0.25, -0.2) is 18.4 Å². The minimum Gasteiger partial charge on any atom is -0.365 e. The Kier molecular flexibility index (Phi) is 9.28. The number of sulfonamides is 1. The van der Waals surface area contributed by atoms with Crippen molar-refractivity contribution in [3.8, 4) is 0 Å². The number of hydrogen-bond acceptors (Lipinski definition) is 9. The maximum atomic E-state index is 13.7. The molecule has 41 heavy (non-hydrogen) atoms. The Hall–Kier alpha value is -3.98. The first-order valence-corrected chi connectivity index (χ1v) is 14.6. The van der Waals surface area contributed by atoms with E-state index in [2.05, 4.69) is 40.5 Å². The smallest absolute Gasteiger partial charge is 0.365 e. The molecule has 0 aliphatic carbocycles. The number of nitrogens with zero attached hydrogens (tertiary/aromatic N) is 4. The van der Waals surface area contributed by atoms with Crippen molar-refractivity contribution in [1.29, 1.82) is 0 Å². The standard InChI is InChI=1S/C26H31F3N8O3S/c1-3-41(39,40)36-22-18(5-4-12-30-22)15-31-23-21(26(27,28)29)16-32-25(35-23)34-19-8-6-17(7-9-19)24(38)33-20-10-13-37(2)14-11-20/h4-9,12,16,20H,3,10-11,13-15H2,1-2H3,(H,30,36)(H,33,38)(H2,31,32,34,35). The number of likely N-dealkylation sites (tertiary alicyclic amines) is 1. The van der Waals surface area contributed by atoms with Crippen molar-refractivity contribution < 1.29 is 26.4 Å². The molecular formula is C26H31F3N8O3S. The fraction of sp³-hybridized carbons (Fsp3) is 0.385. The van der Waals surface area contributed by atoms with Crippen molar-refractivity contribution in [2.24, 2.45) is 0 Å². The molecule has 0 spiro atoms. The van der Waals surface area contributed by atoms with Crippen LogP contribution in [-0.4, -0.2) is 66.1 Å². The van der Waals surface area contributed by atoms with E-state index in [-0.39, 0.29) is 36.0 Å². The van der Waals surface area contributed by atoms with E-state index in [4.69, 9.17) is 0 Å². The van der Waals surface area contributed by atoms with Gasteiger partial charge in [0.25, 0.3) is 5.91 Å². The summed E-state index contributed by atoms with van der Waals surface area (Å²) in [5, 5.41) is 8.51. The van der Waals surface area contributed by atoms with E-state index in [0.29, 0.717) is 23.0 Å². The summed E-state index contributed by atoms with van der Waals surface area (Å²) in [5.41, 5.74) is 0.148. The average Bonchev–Trinajstić information content (AvgIpc) is 2.93. The molecule has 11 nitrogen and oxygen atoms in total. The van der Waals surface area contributed by atoms with Gasteiger partial charge >= 0.3 is 6.18 Å². The van der Waals surface area contributed by atoms with Crippen LogP contribution in [0.25, 0.3) is 0 Å². The number of rotatable bonds is 10. The average molecular weight is 593 g/mol. The van der Waals surface area contributed by atoms with E-state index in [1.165, 1.54) is 25.3 Å². The van der Waals surface area contributed by atoms with Crippen LogP contribution in [0, 0.1) is 0 Å². The van der Waals surface area contributed by atoms with E-state index in [1.807, 2.05) is 7.05 Å². The zero-order chi connectivity index (χ0) is 29.6. The van der Waals surface area contributed by atoms with Crippen molar-refractivity contribution in [3.05, 3.63) is 65.5 Å². The molecule has 1 aliphatic heterocycles. The lowest BCUT2D eigenvalue weighted by atomic mass is 10.0. The van der Waals surface area contributed by atoms with Gasteiger partial charge in [-0.1, -0.05) is 6.07 Å². The second-order valence-corrected chi connectivity index (χ2v) is 11.6. The summed E-state index contributed by atoms with van der Waals surface area (Å²) in [6.07, 6.45) is -0.968. The van der Waals surface area contributed by atoms with Crippen molar-refractivity contribution in [3.63, 3.8) is 0 Å². The van der Waals surface area contributed by atoms with Crippen molar-refractivity contribution in [2.45, 2.75) is 38.5 Å². The third kappa shape index (κ3) is 8.27. The van der Waals surface area contributed by atoms with Crippen LogP contribution in [0.2, 0.25) is 0 Å². The molecule has 1 fully saturated rings. The Labute approximate surface area is 236 Å². The molecule has 0 saturated carbocycles. The first-order valence-electron chi connectivity index (χ1n) is 12.9. The molecule has 1 aliphatic rings. The van der Waals surface area contributed by atoms with E-state index in [9.17, 15) is 26.4 Å². The quantitative estimate of drug-likeness (QED) is 0.276. The third-order valence-corrected chi connectivity index (χ3v) is 7.79. The summed E-state index contributed by atoms with van der Waals surface area (Å²) in [6.45, 7) is 3.08. The van der Waals surface area contributed by atoms with Crippen molar-refractivity contribution in [1.82, 2.24) is 25.2 Å². The highest BCUT2D eigenvalue weighted by Crippen LogP contribution is 2.34. The number of alkyl halides is 3. The molecule has 0 radical (unpaired) electrons. The summed E-state index contributed by atoms with van der Waals surface area (Å²) in [5.74, 6) is -0.999. The predicted molar refractivity (Wildman–Crippen MR) is 149 cm³/mol. The number of nitrogens with one attached hydrogen (secondary N) is 4. The minimum atomic E-state index is -4.74. The fourth-order valence-electron chi connectivity index (χ4n) is 4.11. The Morgan fingerprint density at radius 3 is 2.44 bits per heavy atom. The van der Waals surface area contributed by atoms with Crippen LogP contribution >= 0.6 is 0 Å². The Bertz CT molecular complexity index is 1460. The number of pyridine rings is 1. The maximum absolute atomic E-state index is 13.7. The zero-order valence-corrected chi connectivity index (χ0v) is 23.3. The van der Waals surface area contributed by atoms with Crippen LogP contribution < -0.4 is 20.7 Å². The molecule has 4 rings (SSSR count). The maximum Gasteiger partial charge on any atom is 0.421 e. The van der Waals surface area contributed by atoms with Crippen molar-refractivity contribution >= 4 is 39.2 Å². The second kappa shape index (κ2) is 12.7. The number of halogens is 3. The van der Waals surface area contributed by atoms with Crippen molar-refractivity contribution in [2.75, 3.05) is 41.2 Å². The Morgan fingerprint density at radius 1 is 1.07 bits per heavy atom. The Balaban J connectivity index is 1.47. The molecule has 15 heteroatoms. The van der Waals surface area contributed by atoms with Gasteiger partial charge in [-0.15, -0.1) is 0 Å². The van der Waals surface area contributed by atoms with Gasteiger partial charge in [-0.05, 0) is 70.2 Å². The zero-order valence-electron chi connectivity index (χ0n) is 22.5. The number of carbonyl (C=O) groups excluding carboxylic acids is 1. The number of aromatic nitrogens is 3. The number of amides is 1. The molecule has 0 atom stereocenters. The molecule has 0 bridgehead atoms. The summed E-state index contributed by atoms with van der Waals surface area (Å²) >= 11 is 0. The molecular weight excluding hydrogens is 561 g/mol. The lowest BCUT2D eigenvalue weighted by Crippen LogP contribution is -2.43. The van der Waals surface area contributed by atoms with E-state index >= 15 is 0 Å². The van der Waals surface area contributed by atoms with Gasteiger partial charge in [0.05, 0.1) is 5.75 Å². The van der Waals surface area contributed by atoms with Crippen LogP contribution in [0.1, 0.15) is 41.3 Å². The molecule has 4 N–H and O–H groups in total. The number of piperidine rings is 1. The number of hydrogen-bond donors (Lipinski definition) is 4. The molecule has 1 aromatic carbocycles. The number of anilines is 4. The number of benzene rings is 1. The monoisotopic (exact) mass is 592 g/mol. The van der Waals surface area contributed by atoms with Gasteiger partial charge in [0.1, 0.15) is 17.2 Å². The SMILES string of the molecule is CCS(=O)(=O)Nc1ncccc1CNc1nc(Nc2ccc(C(=O)NC3CCN(C)CC3)cc2)ncc1C(F)(F)F. The normalized spacial score (nSPS) is 14.9. The van der Waals surface area contributed by atoms with Crippen LogP contribution in [0.5, 0.6) is 0 Å². The van der Waals surface area contributed by atoms with E-state index in [0.717, 1.165) is 25.9 Å². The third-order valence-electron chi connectivity index (χ3n) is 6.52. The molecule has 220 valence electrons. The highest BCUT2D eigenvalue weighted by Gasteiger charge is 2.35. The van der Waals surface area contributed by atoms with E-state index in [1.54, 1.807) is 24.3 Å². The highest BCUT2D eigenvalue weighted by atomic mass is 32.2. The highest BCUT2D eigenvalue weighted by molar-refractivity contribution is 7.92. The summed E-state index contributed by atoms with van der Waals surface area (Å²) in [4.78, 5) is 26.6. The topological polar surface area (TPSA) is 141 Å². The molecule has 0 unspecified atom stereocenters. The molecule has 1 saturated heterocycles. The predicted octanol–water partition coefficient (Wildman–Crippen LogP) is 3.83. The molecule has 2 aromatic heterocycles. The first-order chi connectivity index (χ1) is 19.4. The lowest BCUT2D eigenvalue weighted by molar-refractivity contribution is -0.137. The first kappa shape index (κ1) is 30.0. The van der Waals surface area contributed by atoms with Crippen LogP contribution in [0.3, 0.4) is 0 Å². The van der Waals surface area contributed by atoms with Gasteiger partial charge in [-0.3, -0.25) is 9.52 Å². The largest absolute Gasteiger partial charge is 0.421 e. The van der Waals surface area contributed by atoms with Gasteiger partial charge in [0.2, 0.25) is 16.0 Å². The lowest BCUT2D eigenvalue weighted by Gasteiger charge is -2.29. The summed E-state index contributed by atoms with van der Waals surface area (Å²) < 4.78 is 67.4.